The Bertz CT molecular complexity index is 355. The maximum atomic E-state index is 5.32. The maximum absolute atomic E-state index is 5.32. The van der Waals surface area contributed by atoms with Crippen LogP contribution in [0.2, 0.25) is 0 Å². The molecule has 1 aliphatic rings. The Labute approximate surface area is 95.2 Å². The van der Waals surface area contributed by atoms with E-state index in [0.29, 0.717) is 6.79 Å². The first kappa shape index (κ1) is 10.5. The molecular weight excluding hydrogens is 210 g/mol. The molecule has 0 bridgehead atoms. The van der Waals surface area contributed by atoms with E-state index < -0.39 is 0 Å². The van der Waals surface area contributed by atoms with Gasteiger partial charge in [0.1, 0.15) is 0 Å². The Morgan fingerprint density at radius 3 is 2.80 bits per heavy atom. The van der Waals surface area contributed by atoms with Gasteiger partial charge in [-0.25, -0.2) is 0 Å². The highest BCUT2D eigenvalue weighted by Crippen LogP contribution is 2.36. The van der Waals surface area contributed by atoms with Crippen molar-refractivity contribution in [3.05, 3.63) is 17.7 Å². The van der Waals surface area contributed by atoms with E-state index in [1.807, 2.05) is 12.1 Å². The van der Waals surface area contributed by atoms with Gasteiger partial charge in [0, 0.05) is 18.3 Å². The number of hydrogen-bond acceptors (Lipinski definition) is 4. The number of benzene rings is 1. The molecule has 1 aromatic rings. The van der Waals surface area contributed by atoms with Gasteiger partial charge < -0.3 is 14.8 Å². The van der Waals surface area contributed by atoms with Crippen LogP contribution in [0.1, 0.15) is 12.0 Å². The molecule has 0 fully saturated rings. The van der Waals surface area contributed by atoms with Crippen LogP contribution in [0.4, 0.5) is 5.69 Å². The molecule has 1 heterocycles. The van der Waals surface area contributed by atoms with Crippen LogP contribution in [0.3, 0.4) is 0 Å². The summed E-state index contributed by atoms with van der Waals surface area (Å²) in [4.78, 5) is 0. The third-order valence-corrected chi connectivity index (χ3v) is 2.69. The van der Waals surface area contributed by atoms with Crippen molar-refractivity contribution in [2.75, 3.05) is 24.4 Å². The molecule has 2 rings (SSSR count). The molecule has 82 valence electrons. The molecule has 0 amide bonds. The Kier molecular flexibility index (Phi) is 3.26. The molecule has 3 nitrogen and oxygen atoms in total. The van der Waals surface area contributed by atoms with Gasteiger partial charge in [0.25, 0.3) is 0 Å². The van der Waals surface area contributed by atoms with Crippen molar-refractivity contribution >= 4 is 18.3 Å². The fourth-order valence-corrected chi connectivity index (χ4v) is 1.69. The zero-order valence-corrected chi connectivity index (χ0v) is 9.64. The normalized spacial score (nSPS) is 12.9. The zero-order chi connectivity index (χ0) is 10.7. The second-order valence-electron chi connectivity index (χ2n) is 3.52. The standard InChI is InChI=1S/C11H15NO2S/c1-8-5-10-11(14-7-13-10)6-9(8)12-3-2-4-15/h5-6,12,15H,2-4,7H2,1H3. The van der Waals surface area contributed by atoms with Gasteiger partial charge in [-0.3, -0.25) is 0 Å². The summed E-state index contributed by atoms with van der Waals surface area (Å²) in [5.41, 5.74) is 2.29. The number of fused-ring (bicyclic) bond motifs is 1. The smallest absolute Gasteiger partial charge is 0.231 e. The summed E-state index contributed by atoms with van der Waals surface area (Å²) in [5.74, 6) is 2.57. The van der Waals surface area contributed by atoms with E-state index in [9.17, 15) is 0 Å². The Morgan fingerprint density at radius 1 is 1.33 bits per heavy atom. The fourth-order valence-electron chi connectivity index (χ4n) is 1.54. The summed E-state index contributed by atoms with van der Waals surface area (Å²) >= 11 is 4.17. The molecule has 15 heavy (non-hydrogen) atoms. The number of hydrogen-bond donors (Lipinski definition) is 2. The summed E-state index contributed by atoms with van der Waals surface area (Å²) in [7, 11) is 0. The van der Waals surface area contributed by atoms with E-state index in [-0.39, 0.29) is 0 Å². The van der Waals surface area contributed by atoms with E-state index in [2.05, 4.69) is 24.9 Å². The van der Waals surface area contributed by atoms with Crippen molar-refractivity contribution in [1.82, 2.24) is 0 Å². The summed E-state index contributed by atoms with van der Waals surface area (Å²) in [5, 5.41) is 3.36. The lowest BCUT2D eigenvalue weighted by Crippen LogP contribution is -2.03. The second kappa shape index (κ2) is 4.66. The second-order valence-corrected chi connectivity index (χ2v) is 3.97. The van der Waals surface area contributed by atoms with Gasteiger partial charge in [-0.1, -0.05) is 0 Å². The van der Waals surface area contributed by atoms with Gasteiger partial charge in [-0.05, 0) is 30.7 Å². The molecule has 4 heteroatoms. The van der Waals surface area contributed by atoms with Crippen molar-refractivity contribution in [3.8, 4) is 11.5 Å². The number of nitrogens with one attached hydrogen (secondary N) is 1. The van der Waals surface area contributed by atoms with Crippen LogP contribution in [0.25, 0.3) is 0 Å². The lowest BCUT2D eigenvalue weighted by molar-refractivity contribution is 0.174. The van der Waals surface area contributed by atoms with Gasteiger partial charge in [0.2, 0.25) is 6.79 Å². The first-order chi connectivity index (χ1) is 7.31. The van der Waals surface area contributed by atoms with Crippen molar-refractivity contribution in [3.63, 3.8) is 0 Å². The third-order valence-electron chi connectivity index (χ3n) is 2.37. The molecule has 0 atom stereocenters. The molecule has 0 aliphatic carbocycles. The van der Waals surface area contributed by atoms with Crippen LogP contribution < -0.4 is 14.8 Å². The van der Waals surface area contributed by atoms with Crippen molar-refractivity contribution < 1.29 is 9.47 Å². The predicted molar refractivity (Wildman–Crippen MR) is 64.3 cm³/mol. The third kappa shape index (κ3) is 2.31. The Hall–Kier alpha value is -1.03. The summed E-state index contributed by atoms with van der Waals surface area (Å²) in [6.45, 7) is 3.32. The van der Waals surface area contributed by atoms with Crippen LogP contribution >= 0.6 is 12.6 Å². The first-order valence-electron chi connectivity index (χ1n) is 5.06. The monoisotopic (exact) mass is 225 g/mol. The Morgan fingerprint density at radius 2 is 2.07 bits per heavy atom. The van der Waals surface area contributed by atoms with Crippen LogP contribution in [-0.4, -0.2) is 19.1 Å². The van der Waals surface area contributed by atoms with Gasteiger partial charge in [-0.2, -0.15) is 12.6 Å². The number of thiol groups is 1. The van der Waals surface area contributed by atoms with Gasteiger partial charge in [-0.15, -0.1) is 0 Å². The largest absolute Gasteiger partial charge is 0.454 e. The molecule has 1 aliphatic heterocycles. The van der Waals surface area contributed by atoms with Crippen LogP contribution in [0.15, 0.2) is 12.1 Å². The van der Waals surface area contributed by atoms with Crippen molar-refractivity contribution in [2.45, 2.75) is 13.3 Å². The van der Waals surface area contributed by atoms with E-state index >= 15 is 0 Å². The highest BCUT2D eigenvalue weighted by atomic mass is 32.1. The van der Waals surface area contributed by atoms with Crippen molar-refractivity contribution in [1.29, 1.82) is 0 Å². The average Bonchev–Trinajstić information content (AvgIpc) is 2.65. The summed E-state index contributed by atoms with van der Waals surface area (Å²) < 4.78 is 10.6. The molecule has 0 saturated heterocycles. The maximum Gasteiger partial charge on any atom is 0.231 e. The van der Waals surface area contributed by atoms with E-state index in [1.165, 1.54) is 5.56 Å². The quantitative estimate of drug-likeness (QED) is 0.609. The lowest BCUT2D eigenvalue weighted by atomic mass is 10.1. The first-order valence-corrected chi connectivity index (χ1v) is 5.69. The highest BCUT2D eigenvalue weighted by molar-refractivity contribution is 7.80. The molecular formula is C11H15NO2S. The molecule has 1 N–H and O–H groups in total. The number of aryl methyl sites for hydroxylation is 1. The van der Waals surface area contributed by atoms with E-state index in [4.69, 9.17) is 9.47 Å². The average molecular weight is 225 g/mol. The van der Waals surface area contributed by atoms with Crippen LogP contribution in [0.5, 0.6) is 11.5 Å². The van der Waals surface area contributed by atoms with Gasteiger partial charge >= 0.3 is 0 Å². The van der Waals surface area contributed by atoms with Gasteiger partial charge in [0.05, 0.1) is 0 Å². The number of ether oxygens (including phenoxy) is 2. The molecule has 0 unspecified atom stereocenters. The number of anilines is 1. The predicted octanol–water partition coefficient (Wildman–Crippen LogP) is 2.46. The fraction of sp³-hybridized carbons (Fsp3) is 0.455. The number of rotatable bonds is 4. The SMILES string of the molecule is Cc1cc2c(cc1NCCCS)OCO2. The zero-order valence-electron chi connectivity index (χ0n) is 8.75. The van der Waals surface area contributed by atoms with Crippen LogP contribution in [0, 0.1) is 6.92 Å². The van der Waals surface area contributed by atoms with Gasteiger partial charge in [0.15, 0.2) is 11.5 Å². The highest BCUT2D eigenvalue weighted by Gasteiger charge is 2.15. The van der Waals surface area contributed by atoms with E-state index in [0.717, 1.165) is 35.9 Å². The minimum Gasteiger partial charge on any atom is -0.454 e. The summed E-state index contributed by atoms with van der Waals surface area (Å²) in [6, 6.07) is 4.00. The topological polar surface area (TPSA) is 30.5 Å². The molecule has 0 spiro atoms. The molecule has 0 radical (unpaired) electrons. The minimum atomic E-state index is 0.328. The minimum absolute atomic E-state index is 0.328. The molecule has 0 saturated carbocycles. The van der Waals surface area contributed by atoms with E-state index in [1.54, 1.807) is 0 Å². The lowest BCUT2D eigenvalue weighted by Gasteiger charge is -2.09. The molecule has 0 aromatic heterocycles. The molecule has 1 aromatic carbocycles. The van der Waals surface area contributed by atoms with Crippen LogP contribution in [-0.2, 0) is 0 Å². The van der Waals surface area contributed by atoms with Crippen molar-refractivity contribution in [2.24, 2.45) is 0 Å². The summed E-state index contributed by atoms with van der Waals surface area (Å²) in [6.07, 6.45) is 1.05. The Balaban J connectivity index is 2.10.